The number of hydrogen-bond donors (Lipinski definition) is 2. The molecule has 0 saturated heterocycles. The normalized spacial score (nSPS) is 15.0. The largest absolute Gasteiger partial charge is 0.492 e. The molecule has 0 bridgehead atoms. The summed E-state index contributed by atoms with van der Waals surface area (Å²) < 4.78 is 11.4. The van der Waals surface area contributed by atoms with Gasteiger partial charge in [-0.3, -0.25) is 0 Å². The number of nitrogens with two attached hydrogens (primary N) is 1. The number of hydrogen-bond acceptors (Lipinski definition) is 4. The minimum Gasteiger partial charge on any atom is -0.457 e. The van der Waals surface area contributed by atoms with Crippen LogP contribution in [0, 0.1) is 0 Å². The van der Waals surface area contributed by atoms with Gasteiger partial charge in [0.25, 0.3) is 0 Å². The average Bonchev–Trinajstić information content (AvgIpc) is 2.89. The Bertz CT molecular complexity index is 698. The Morgan fingerprint density at radius 1 is 1.13 bits per heavy atom. The molecular weight excluding hydrogens is 289 g/mol. The Balaban J connectivity index is 1.95. The molecule has 23 heavy (non-hydrogen) atoms. The maximum absolute atomic E-state index is 10.1. The second kappa shape index (κ2) is 6.36. The predicted molar refractivity (Wildman–Crippen MR) is 92.0 cm³/mol. The van der Waals surface area contributed by atoms with Gasteiger partial charge in [0.05, 0.1) is 6.61 Å². The van der Waals surface area contributed by atoms with Gasteiger partial charge in [0.15, 0.2) is 0 Å². The van der Waals surface area contributed by atoms with Crippen molar-refractivity contribution >= 4 is 12.6 Å². The minimum atomic E-state index is -0.869. The van der Waals surface area contributed by atoms with E-state index in [-0.39, 0.29) is 12.0 Å². The first-order valence-corrected chi connectivity index (χ1v) is 7.96. The number of benzene rings is 2. The van der Waals surface area contributed by atoms with Gasteiger partial charge in [0, 0.05) is 6.04 Å². The first-order valence-electron chi connectivity index (χ1n) is 7.96. The highest BCUT2D eigenvalue weighted by Crippen LogP contribution is 2.32. The lowest BCUT2D eigenvalue weighted by Gasteiger charge is -2.18. The molecule has 1 aliphatic heterocycles. The fourth-order valence-electron chi connectivity index (χ4n) is 2.98. The second-order valence-corrected chi connectivity index (χ2v) is 6.33. The molecule has 1 atom stereocenters. The van der Waals surface area contributed by atoms with Gasteiger partial charge in [-0.1, -0.05) is 32.0 Å². The molecule has 2 aromatic rings. The van der Waals surface area contributed by atoms with E-state index in [2.05, 4.69) is 13.8 Å². The Morgan fingerprint density at radius 3 is 2.43 bits per heavy atom. The van der Waals surface area contributed by atoms with Crippen LogP contribution in [0.2, 0.25) is 0 Å². The molecule has 4 nitrogen and oxygen atoms in total. The molecule has 1 unspecified atom stereocenters. The average molecular weight is 311 g/mol. The molecule has 3 rings (SSSR count). The molecule has 1 heterocycles. The van der Waals surface area contributed by atoms with Crippen LogP contribution in [0.5, 0.6) is 11.5 Å². The van der Waals surface area contributed by atoms with E-state index in [4.69, 9.17) is 15.1 Å². The van der Waals surface area contributed by atoms with Gasteiger partial charge >= 0.3 is 7.12 Å². The van der Waals surface area contributed by atoms with Crippen LogP contribution in [0.3, 0.4) is 0 Å². The number of rotatable bonds is 4. The molecule has 0 radical (unpaired) electrons. The third kappa shape index (κ3) is 3.13. The van der Waals surface area contributed by atoms with Gasteiger partial charge < -0.3 is 20.1 Å². The Labute approximate surface area is 137 Å². The van der Waals surface area contributed by atoms with Crippen LogP contribution in [-0.4, -0.2) is 12.1 Å². The molecule has 0 spiro atoms. The van der Waals surface area contributed by atoms with Crippen LogP contribution in [0.25, 0.3) is 0 Å². The van der Waals surface area contributed by atoms with E-state index in [1.54, 1.807) is 0 Å². The van der Waals surface area contributed by atoms with Gasteiger partial charge in [-0.15, -0.1) is 0 Å². The van der Waals surface area contributed by atoms with Gasteiger partial charge in [-0.25, -0.2) is 0 Å². The maximum Gasteiger partial charge on any atom is 0.492 e. The van der Waals surface area contributed by atoms with Crippen LogP contribution in [0.1, 0.15) is 49.4 Å². The van der Waals surface area contributed by atoms with E-state index in [9.17, 15) is 5.02 Å². The molecular formula is C18H22BNO3. The van der Waals surface area contributed by atoms with Crippen molar-refractivity contribution in [3.63, 3.8) is 0 Å². The zero-order valence-electron chi connectivity index (χ0n) is 13.7. The van der Waals surface area contributed by atoms with Crippen molar-refractivity contribution in [2.45, 2.75) is 39.3 Å². The minimum absolute atomic E-state index is 0.00238. The molecule has 0 saturated carbocycles. The van der Waals surface area contributed by atoms with Crippen molar-refractivity contribution < 1.29 is 14.4 Å². The van der Waals surface area contributed by atoms with Crippen LogP contribution in [-0.2, 0) is 11.3 Å². The lowest BCUT2D eigenvalue weighted by molar-refractivity contribution is 0.275. The Hall–Kier alpha value is -1.82. The zero-order chi connectivity index (χ0) is 16.6. The van der Waals surface area contributed by atoms with E-state index in [1.807, 2.05) is 43.3 Å². The number of fused-ring (bicyclic) bond motifs is 1. The molecule has 0 fully saturated rings. The summed E-state index contributed by atoms with van der Waals surface area (Å²) in [4.78, 5) is 0. The summed E-state index contributed by atoms with van der Waals surface area (Å²) >= 11 is 0. The molecule has 0 aromatic heterocycles. The highest BCUT2D eigenvalue weighted by Gasteiger charge is 2.33. The lowest BCUT2D eigenvalue weighted by atomic mass is 9.73. The monoisotopic (exact) mass is 311 g/mol. The zero-order valence-corrected chi connectivity index (χ0v) is 13.7. The lowest BCUT2D eigenvalue weighted by Crippen LogP contribution is -2.32. The molecule has 3 N–H and O–H groups in total. The van der Waals surface area contributed by atoms with Crippen LogP contribution in [0.15, 0.2) is 36.4 Å². The summed E-state index contributed by atoms with van der Waals surface area (Å²) in [7, 11) is -0.869. The van der Waals surface area contributed by atoms with E-state index in [0.29, 0.717) is 6.61 Å². The molecule has 120 valence electrons. The first-order chi connectivity index (χ1) is 11.0. The second-order valence-electron chi connectivity index (χ2n) is 6.33. The summed E-state index contributed by atoms with van der Waals surface area (Å²) in [6, 6.07) is 11.7. The van der Waals surface area contributed by atoms with Gasteiger partial charge in [0.1, 0.15) is 11.5 Å². The summed E-state index contributed by atoms with van der Waals surface area (Å²) in [6.45, 7) is 6.58. The van der Waals surface area contributed by atoms with Gasteiger partial charge in [-0.05, 0) is 53.2 Å². The first kappa shape index (κ1) is 16.1. The molecule has 0 aliphatic carbocycles. The van der Waals surface area contributed by atoms with E-state index >= 15 is 0 Å². The SMILES string of the molecule is CC(C)c1c(Oc2ccc(C(C)N)cc2)ccc2c1B(O)OC2. The summed E-state index contributed by atoms with van der Waals surface area (Å²) in [6.07, 6.45) is 0. The summed E-state index contributed by atoms with van der Waals surface area (Å²) in [5.41, 5.74) is 9.83. The van der Waals surface area contributed by atoms with Crippen LogP contribution < -0.4 is 15.9 Å². The van der Waals surface area contributed by atoms with Crippen molar-refractivity contribution in [3.8, 4) is 11.5 Å². The summed E-state index contributed by atoms with van der Waals surface area (Å²) in [5, 5.41) is 10.1. The highest BCUT2D eigenvalue weighted by molar-refractivity contribution is 6.62. The van der Waals surface area contributed by atoms with E-state index in [1.165, 1.54) is 0 Å². The van der Waals surface area contributed by atoms with Crippen molar-refractivity contribution in [2.75, 3.05) is 0 Å². The summed E-state index contributed by atoms with van der Waals surface area (Å²) in [5.74, 6) is 1.74. The Kier molecular flexibility index (Phi) is 4.44. The van der Waals surface area contributed by atoms with Crippen LogP contribution in [0.4, 0.5) is 0 Å². The topological polar surface area (TPSA) is 64.7 Å². The third-order valence-electron chi connectivity index (χ3n) is 4.19. The standard InChI is InChI=1S/C18H22BNO3/c1-11(2)17-16(9-6-14-10-22-19(21)18(14)17)23-15-7-4-13(5-8-15)12(3)20/h4-9,11-12,21H,10,20H2,1-3H3. The fourth-order valence-corrected chi connectivity index (χ4v) is 2.98. The molecule has 2 aromatic carbocycles. The molecule has 5 heteroatoms. The van der Waals surface area contributed by atoms with Gasteiger partial charge in [-0.2, -0.15) is 0 Å². The van der Waals surface area contributed by atoms with Gasteiger partial charge in [0.2, 0.25) is 0 Å². The quantitative estimate of drug-likeness (QED) is 0.852. The third-order valence-corrected chi connectivity index (χ3v) is 4.19. The van der Waals surface area contributed by atoms with E-state index in [0.717, 1.165) is 33.7 Å². The highest BCUT2D eigenvalue weighted by atomic mass is 16.5. The van der Waals surface area contributed by atoms with Crippen molar-refractivity contribution in [1.82, 2.24) is 0 Å². The Morgan fingerprint density at radius 2 is 1.83 bits per heavy atom. The van der Waals surface area contributed by atoms with Crippen LogP contribution >= 0.6 is 0 Å². The van der Waals surface area contributed by atoms with E-state index < -0.39 is 7.12 Å². The fraction of sp³-hybridized carbons (Fsp3) is 0.333. The molecule has 1 aliphatic rings. The van der Waals surface area contributed by atoms with Crippen molar-refractivity contribution in [2.24, 2.45) is 5.73 Å². The smallest absolute Gasteiger partial charge is 0.457 e. The predicted octanol–water partition coefficient (Wildman–Crippen LogP) is 2.84. The van der Waals surface area contributed by atoms with Crippen molar-refractivity contribution in [1.29, 1.82) is 0 Å². The molecule has 0 amide bonds. The number of ether oxygens (including phenoxy) is 1. The maximum atomic E-state index is 10.1. The van der Waals surface area contributed by atoms with Crippen molar-refractivity contribution in [3.05, 3.63) is 53.1 Å².